The summed E-state index contributed by atoms with van der Waals surface area (Å²) in [4.78, 5) is 42.9. The van der Waals surface area contributed by atoms with Gasteiger partial charge in [-0.15, -0.1) is 0 Å². The number of rotatable bonds is 11. The Hall–Kier alpha value is -3.09. The molecule has 0 bridgehead atoms. The van der Waals surface area contributed by atoms with Gasteiger partial charge in [0.15, 0.2) is 9.84 Å². The van der Waals surface area contributed by atoms with Crippen LogP contribution in [0.15, 0.2) is 51.5 Å². The molecule has 1 N–H and O–H groups in total. The zero-order valence-electron chi connectivity index (χ0n) is 23.0. The Balaban J connectivity index is 1.33. The first-order valence-corrected chi connectivity index (χ1v) is 15.5. The molecule has 4 rings (SSSR count). The summed E-state index contributed by atoms with van der Waals surface area (Å²) < 4.78 is 23.8. The predicted molar refractivity (Wildman–Crippen MR) is 151 cm³/mol. The SMILES string of the molecule is CCCN(CCC)C(=O)CN1CCN(C(=O)CNC2C(c3ccc(S(C)(=O)=O)cc3)N=C3C=NC=CN32)CC1. The van der Waals surface area contributed by atoms with E-state index >= 15 is 0 Å². The molecule has 1 aromatic carbocycles. The van der Waals surface area contributed by atoms with E-state index in [0.717, 1.165) is 31.5 Å². The van der Waals surface area contributed by atoms with Crippen LogP contribution in [0.3, 0.4) is 0 Å². The first kappa shape index (κ1) is 28.9. The van der Waals surface area contributed by atoms with E-state index in [1.54, 1.807) is 36.7 Å². The summed E-state index contributed by atoms with van der Waals surface area (Å²) in [5, 5.41) is 3.37. The number of amides is 2. The van der Waals surface area contributed by atoms with Crippen molar-refractivity contribution in [2.75, 3.05) is 58.6 Å². The third-order valence-electron chi connectivity index (χ3n) is 7.17. The number of carbonyl (C=O) groups is 2. The molecule has 0 aliphatic carbocycles. The number of fused-ring (bicyclic) bond motifs is 1. The number of hydrogen-bond donors (Lipinski definition) is 1. The van der Waals surface area contributed by atoms with Gasteiger partial charge in [0.1, 0.15) is 18.0 Å². The molecule has 212 valence electrons. The van der Waals surface area contributed by atoms with Gasteiger partial charge in [0.05, 0.1) is 24.2 Å². The number of amidine groups is 1. The van der Waals surface area contributed by atoms with Crippen LogP contribution in [0, 0.1) is 0 Å². The van der Waals surface area contributed by atoms with E-state index < -0.39 is 9.84 Å². The molecule has 1 fully saturated rings. The number of carbonyl (C=O) groups excluding carboxylic acids is 2. The van der Waals surface area contributed by atoms with Crippen LogP contribution in [0.1, 0.15) is 38.3 Å². The zero-order chi connectivity index (χ0) is 28.0. The van der Waals surface area contributed by atoms with Gasteiger partial charge in [-0.25, -0.2) is 8.42 Å². The molecule has 12 heteroatoms. The van der Waals surface area contributed by atoms with E-state index in [4.69, 9.17) is 4.99 Å². The number of piperazine rings is 1. The van der Waals surface area contributed by atoms with Crippen molar-refractivity contribution in [2.45, 2.75) is 43.8 Å². The Morgan fingerprint density at radius 3 is 2.33 bits per heavy atom. The second kappa shape index (κ2) is 12.8. The molecule has 2 atom stereocenters. The maximum Gasteiger partial charge on any atom is 0.236 e. The van der Waals surface area contributed by atoms with E-state index in [1.807, 2.05) is 20.9 Å². The monoisotopic (exact) mass is 557 g/mol. The van der Waals surface area contributed by atoms with E-state index in [9.17, 15) is 18.0 Å². The molecule has 0 saturated carbocycles. The van der Waals surface area contributed by atoms with Crippen molar-refractivity contribution >= 4 is 33.7 Å². The summed E-state index contributed by atoms with van der Waals surface area (Å²) in [5.74, 6) is 0.831. The molecule has 1 aromatic rings. The molecular weight excluding hydrogens is 518 g/mol. The molecule has 11 nitrogen and oxygen atoms in total. The minimum atomic E-state index is -3.30. The highest BCUT2D eigenvalue weighted by molar-refractivity contribution is 7.90. The van der Waals surface area contributed by atoms with Gasteiger partial charge < -0.3 is 14.7 Å². The Kier molecular flexibility index (Phi) is 9.52. The Bertz CT molecular complexity index is 1220. The Labute approximate surface area is 231 Å². The first-order chi connectivity index (χ1) is 18.7. The minimum Gasteiger partial charge on any atom is -0.342 e. The normalized spacial score (nSPS) is 21.2. The third kappa shape index (κ3) is 7.11. The maximum atomic E-state index is 13.1. The largest absolute Gasteiger partial charge is 0.342 e. The quantitative estimate of drug-likeness (QED) is 0.433. The smallest absolute Gasteiger partial charge is 0.236 e. The molecule has 1 saturated heterocycles. The molecule has 2 amide bonds. The standard InChI is InChI=1S/C27H39N7O4S/c1-4-11-32(12-5-2)25(36)20-31-14-16-33(17-15-31)24(35)19-29-27-26(30-23-18-28-10-13-34(23)27)21-6-8-22(9-7-21)39(3,37)38/h6-10,13,18,26-27,29H,4-5,11-12,14-17,19-20H2,1-3H3. The van der Waals surface area contributed by atoms with Crippen molar-refractivity contribution < 1.29 is 18.0 Å². The van der Waals surface area contributed by atoms with Crippen molar-refractivity contribution in [3.63, 3.8) is 0 Å². The highest BCUT2D eigenvalue weighted by Gasteiger charge is 2.37. The van der Waals surface area contributed by atoms with Crippen LogP contribution < -0.4 is 5.32 Å². The number of hydrogen-bond acceptors (Lipinski definition) is 9. The van der Waals surface area contributed by atoms with Crippen molar-refractivity contribution in [3.8, 4) is 0 Å². The van der Waals surface area contributed by atoms with Gasteiger partial charge in [0.25, 0.3) is 0 Å². The summed E-state index contributed by atoms with van der Waals surface area (Å²) in [7, 11) is -3.30. The van der Waals surface area contributed by atoms with Crippen molar-refractivity contribution in [3.05, 3.63) is 42.2 Å². The molecular formula is C27H39N7O4S. The molecule has 39 heavy (non-hydrogen) atoms. The van der Waals surface area contributed by atoms with Crippen LogP contribution in [0.25, 0.3) is 0 Å². The number of benzene rings is 1. The lowest BCUT2D eigenvalue weighted by atomic mass is 10.0. The average Bonchev–Trinajstić information content (AvgIpc) is 3.30. The van der Waals surface area contributed by atoms with Gasteiger partial charge in [-0.2, -0.15) is 0 Å². The second-order valence-corrected chi connectivity index (χ2v) is 12.1. The highest BCUT2D eigenvalue weighted by Crippen LogP contribution is 2.31. The number of nitrogens with zero attached hydrogens (tertiary/aromatic N) is 6. The molecule has 3 aliphatic rings. The third-order valence-corrected chi connectivity index (χ3v) is 8.30. The highest BCUT2D eigenvalue weighted by atomic mass is 32.2. The summed E-state index contributed by atoms with van der Waals surface area (Å²) in [6, 6.07) is 6.37. The molecule has 3 aliphatic heterocycles. The predicted octanol–water partition coefficient (Wildman–Crippen LogP) is 1.11. The van der Waals surface area contributed by atoms with Crippen molar-refractivity contribution in [1.82, 2.24) is 24.9 Å². The molecule has 3 heterocycles. The number of nitrogens with one attached hydrogen (secondary N) is 1. The van der Waals surface area contributed by atoms with Gasteiger partial charge >= 0.3 is 0 Å². The van der Waals surface area contributed by atoms with Crippen LogP contribution in [0.5, 0.6) is 0 Å². The molecule has 0 aromatic heterocycles. The van der Waals surface area contributed by atoms with Gasteiger partial charge in [0, 0.05) is 57.9 Å². The fraction of sp³-hybridized carbons (Fsp3) is 0.556. The van der Waals surface area contributed by atoms with E-state index in [0.29, 0.717) is 38.6 Å². The lowest BCUT2D eigenvalue weighted by molar-refractivity contribution is -0.135. The van der Waals surface area contributed by atoms with Crippen LogP contribution >= 0.6 is 0 Å². The number of sulfone groups is 1. The van der Waals surface area contributed by atoms with E-state index in [1.165, 1.54) is 6.26 Å². The van der Waals surface area contributed by atoms with Gasteiger partial charge in [-0.05, 0) is 30.5 Å². The topological polar surface area (TPSA) is 118 Å². The van der Waals surface area contributed by atoms with E-state index in [2.05, 4.69) is 29.1 Å². The lowest BCUT2D eigenvalue weighted by Crippen LogP contribution is -2.54. The second-order valence-electron chi connectivity index (χ2n) is 10.1. The first-order valence-electron chi connectivity index (χ1n) is 13.6. The maximum absolute atomic E-state index is 13.1. The Morgan fingerprint density at radius 2 is 1.72 bits per heavy atom. The van der Waals surface area contributed by atoms with Gasteiger partial charge in [-0.3, -0.25) is 29.8 Å². The van der Waals surface area contributed by atoms with Gasteiger partial charge in [0.2, 0.25) is 11.8 Å². The zero-order valence-corrected chi connectivity index (χ0v) is 23.8. The summed E-state index contributed by atoms with van der Waals surface area (Å²) in [6.07, 6.45) is 7.92. The van der Waals surface area contributed by atoms with Crippen molar-refractivity contribution in [1.29, 1.82) is 0 Å². The van der Waals surface area contributed by atoms with Crippen molar-refractivity contribution in [2.24, 2.45) is 9.98 Å². The molecule has 0 spiro atoms. The van der Waals surface area contributed by atoms with Crippen LogP contribution in [0.4, 0.5) is 0 Å². The number of aliphatic imine (C=N–C) groups is 2. The summed E-state index contributed by atoms with van der Waals surface area (Å²) in [6.45, 7) is 8.74. The summed E-state index contributed by atoms with van der Waals surface area (Å²) >= 11 is 0. The van der Waals surface area contributed by atoms with Crippen LogP contribution in [0.2, 0.25) is 0 Å². The molecule has 0 radical (unpaired) electrons. The lowest BCUT2D eigenvalue weighted by Gasteiger charge is -2.36. The summed E-state index contributed by atoms with van der Waals surface area (Å²) in [5.41, 5.74) is 0.842. The van der Waals surface area contributed by atoms with Crippen LogP contribution in [-0.4, -0.2) is 117 Å². The van der Waals surface area contributed by atoms with Gasteiger partial charge in [-0.1, -0.05) is 26.0 Å². The fourth-order valence-corrected chi connectivity index (χ4v) is 5.72. The van der Waals surface area contributed by atoms with E-state index in [-0.39, 0.29) is 35.5 Å². The Morgan fingerprint density at radius 1 is 1.05 bits per heavy atom. The fourth-order valence-electron chi connectivity index (χ4n) is 5.09. The molecule has 2 unspecified atom stereocenters. The van der Waals surface area contributed by atoms with Crippen LogP contribution in [-0.2, 0) is 19.4 Å². The minimum absolute atomic E-state index is 0.00569. The average molecular weight is 558 g/mol.